The van der Waals surface area contributed by atoms with Crippen LogP contribution in [0.5, 0.6) is 0 Å². The molecule has 1 fully saturated rings. The molecule has 3 heterocycles. The Morgan fingerprint density at radius 3 is 2.58 bits per heavy atom. The molecule has 2 aromatic heterocycles. The average Bonchev–Trinajstić information content (AvgIpc) is 3.31. The van der Waals surface area contributed by atoms with E-state index in [4.69, 9.17) is 0 Å². The van der Waals surface area contributed by atoms with E-state index in [0.29, 0.717) is 22.7 Å². The summed E-state index contributed by atoms with van der Waals surface area (Å²) in [5, 5.41) is 7.62. The van der Waals surface area contributed by atoms with Crippen LogP contribution in [0.25, 0.3) is 0 Å². The molecule has 2 N–H and O–H groups in total. The molecule has 3 aromatic rings. The predicted octanol–water partition coefficient (Wildman–Crippen LogP) is 3.65. The molecule has 0 saturated carbocycles. The van der Waals surface area contributed by atoms with E-state index in [1.54, 1.807) is 30.6 Å². The third-order valence-corrected chi connectivity index (χ3v) is 6.65. The third kappa shape index (κ3) is 6.18. The summed E-state index contributed by atoms with van der Waals surface area (Å²) >= 11 is 1.32. The minimum atomic E-state index is -0.255. The van der Waals surface area contributed by atoms with E-state index in [2.05, 4.69) is 56.6 Å². The molecule has 172 valence electrons. The summed E-state index contributed by atoms with van der Waals surface area (Å²) in [5.41, 5.74) is 3.62. The number of piperazine rings is 1. The van der Waals surface area contributed by atoms with Crippen molar-refractivity contribution in [2.45, 2.75) is 13.3 Å². The average molecular weight is 464 g/mol. The molecular weight excluding hydrogens is 434 g/mol. The summed E-state index contributed by atoms with van der Waals surface area (Å²) in [6.07, 6.45) is 4.03. The van der Waals surface area contributed by atoms with Gasteiger partial charge in [-0.15, -0.1) is 11.3 Å². The van der Waals surface area contributed by atoms with Crippen LogP contribution in [0.4, 0.5) is 11.4 Å². The Kier molecular flexibility index (Phi) is 7.70. The lowest BCUT2D eigenvalue weighted by atomic mass is 10.2. The van der Waals surface area contributed by atoms with Gasteiger partial charge in [0.1, 0.15) is 4.88 Å². The summed E-state index contributed by atoms with van der Waals surface area (Å²) in [6.45, 7) is 7.78. The number of pyridine rings is 1. The summed E-state index contributed by atoms with van der Waals surface area (Å²) < 4.78 is 0. The van der Waals surface area contributed by atoms with Gasteiger partial charge in [0.15, 0.2) is 0 Å². The fourth-order valence-corrected chi connectivity index (χ4v) is 4.69. The molecule has 8 heteroatoms. The Morgan fingerprint density at radius 1 is 1.03 bits per heavy atom. The molecule has 1 saturated heterocycles. The number of nitrogens with zero attached hydrogens (tertiary/aromatic N) is 3. The Labute approximate surface area is 198 Å². The number of amides is 2. The van der Waals surface area contributed by atoms with Gasteiger partial charge in [0.25, 0.3) is 11.8 Å². The van der Waals surface area contributed by atoms with Gasteiger partial charge in [0.05, 0.1) is 5.69 Å². The number of aromatic nitrogens is 1. The number of thiophene rings is 1. The monoisotopic (exact) mass is 463 g/mol. The van der Waals surface area contributed by atoms with Crippen LogP contribution in [0.1, 0.15) is 32.0 Å². The molecule has 0 spiro atoms. The second-order valence-electron chi connectivity index (χ2n) is 8.13. The van der Waals surface area contributed by atoms with Crippen LogP contribution < -0.4 is 15.5 Å². The summed E-state index contributed by atoms with van der Waals surface area (Å²) in [7, 11) is 0. The molecule has 4 rings (SSSR count). The second kappa shape index (κ2) is 11.1. The topological polar surface area (TPSA) is 77.6 Å². The molecule has 1 aliphatic heterocycles. The Hall–Kier alpha value is -3.23. The highest BCUT2D eigenvalue weighted by Gasteiger charge is 2.18. The van der Waals surface area contributed by atoms with E-state index >= 15 is 0 Å². The van der Waals surface area contributed by atoms with Crippen molar-refractivity contribution < 1.29 is 9.59 Å². The summed E-state index contributed by atoms with van der Waals surface area (Å²) in [5.74, 6) is -0.408. The molecule has 0 unspecified atom stereocenters. The van der Waals surface area contributed by atoms with Gasteiger partial charge < -0.3 is 15.5 Å². The number of rotatable bonds is 8. The van der Waals surface area contributed by atoms with E-state index in [0.717, 1.165) is 39.1 Å². The maximum absolute atomic E-state index is 12.6. The number of hydrogen-bond donors (Lipinski definition) is 2. The van der Waals surface area contributed by atoms with Gasteiger partial charge in [-0.1, -0.05) is 12.1 Å². The Bertz CT molecular complexity index is 1080. The lowest BCUT2D eigenvalue weighted by molar-refractivity contribution is 0.0956. The molecule has 0 bridgehead atoms. The zero-order valence-corrected chi connectivity index (χ0v) is 19.6. The summed E-state index contributed by atoms with van der Waals surface area (Å²) in [4.78, 5) is 34.3. The van der Waals surface area contributed by atoms with Crippen molar-refractivity contribution in [2.24, 2.45) is 0 Å². The highest BCUT2D eigenvalue weighted by Crippen LogP contribution is 2.23. The second-order valence-corrected chi connectivity index (χ2v) is 9.05. The van der Waals surface area contributed by atoms with Gasteiger partial charge >= 0.3 is 0 Å². The van der Waals surface area contributed by atoms with Crippen molar-refractivity contribution >= 4 is 34.5 Å². The van der Waals surface area contributed by atoms with Crippen molar-refractivity contribution in [3.05, 3.63) is 76.2 Å². The Balaban J connectivity index is 1.19. The maximum atomic E-state index is 12.6. The normalized spacial score (nSPS) is 14.2. The van der Waals surface area contributed by atoms with Crippen molar-refractivity contribution in [3.8, 4) is 0 Å². The van der Waals surface area contributed by atoms with Gasteiger partial charge in [-0.25, -0.2) is 0 Å². The van der Waals surface area contributed by atoms with E-state index in [1.807, 2.05) is 5.38 Å². The van der Waals surface area contributed by atoms with E-state index in [-0.39, 0.29) is 11.8 Å². The minimum absolute atomic E-state index is 0.153. The highest BCUT2D eigenvalue weighted by atomic mass is 32.1. The van der Waals surface area contributed by atoms with Gasteiger partial charge in [-0.2, -0.15) is 0 Å². The smallest absolute Gasteiger partial charge is 0.263 e. The molecule has 7 nitrogen and oxygen atoms in total. The summed E-state index contributed by atoms with van der Waals surface area (Å²) in [6, 6.07) is 13.7. The molecule has 1 aromatic carbocycles. The molecule has 0 atom stereocenters. The molecule has 1 aliphatic rings. The molecule has 0 aliphatic carbocycles. The first kappa shape index (κ1) is 22.9. The number of nitrogens with one attached hydrogen (secondary N) is 2. The highest BCUT2D eigenvalue weighted by molar-refractivity contribution is 7.12. The lowest BCUT2D eigenvalue weighted by Crippen LogP contribution is -2.47. The van der Waals surface area contributed by atoms with Crippen LogP contribution in [0, 0.1) is 6.92 Å². The zero-order chi connectivity index (χ0) is 23.0. The predicted molar refractivity (Wildman–Crippen MR) is 133 cm³/mol. The van der Waals surface area contributed by atoms with E-state index < -0.39 is 0 Å². The van der Waals surface area contributed by atoms with E-state index in [1.165, 1.54) is 22.6 Å². The standard InChI is InChI=1S/C25H29N5O2S/c1-19-4-2-5-21(18-19)30-15-13-29(14-16-30)12-3-9-27-25(32)23-22(8-17-33-23)28-24(31)20-6-10-26-11-7-20/h2,4-8,10-11,17-18H,3,9,12-16H2,1H3,(H,27,32)(H,28,31). The maximum Gasteiger partial charge on any atom is 0.263 e. The zero-order valence-electron chi connectivity index (χ0n) is 18.8. The number of aryl methyl sites for hydroxylation is 1. The van der Waals surface area contributed by atoms with Crippen molar-refractivity contribution in [2.75, 3.05) is 49.5 Å². The first-order valence-corrected chi connectivity index (χ1v) is 12.1. The lowest BCUT2D eigenvalue weighted by Gasteiger charge is -2.36. The number of anilines is 2. The van der Waals surface area contributed by atoms with Crippen LogP contribution >= 0.6 is 11.3 Å². The van der Waals surface area contributed by atoms with Crippen molar-refractivity contribution in [3.63, 3.8) is 0 Å². The SMILES string of the molecule is Cc1cccc(N2CCN(CCCNC(=O)c3sccc3NC(=O)c3ccncc3)CC2)c1. The van der Waals surface area contributed by atoms with Crippen LogP contribution in [-0.4, -0.2) is 61.0 Å². The van der Waals surface area contributed by atoms with Crippen LogP contribution in [0.15, 0.2) is 60.2 Å². The fourth-order valence-electron chi connectivity index (χ4n) is 3.92. The van der Waals surface area contributed by atoms with Crippen LogP contribution in [0.3, 0.4) is 0 Å². The van der Waals surface area contributed by atoms with Gasteiger partial charge in [-0.05, 0) is 61.2 Å². The van der Waals surface area contributed by atoms with Gasteiger partial charge in [0, 0.05) is 56.4 Å². The van der Waals surface area contributed by atoms with E-state index in [9.17, 15) is 9.59 Å². The third-order valence-electron chi connectivity index (χ3n) is 5.74. The molecule has 33 heavy (non-hydrogen) atoms. The van der Waals surface area contributed by atoms with Crippen LogP contribution in [-0.2, 0) is 0 Å². The largest absolute Gasteiger partial charge is 0.369 e. The molecule has 2 amide bonds. The number of hydrogen-bond acceptors (Lipinski definition) is 6. The van der Waals surface area contributed by atoms with Gasteiger partial charge in [-0.3, -0.25) is 19.5 Å². The minimum Gasteiger partial charge on any atom is -0.369 e. The number of carbonyl (C=O) groups is 2. The number of benzene rings is 1. The quantitative estimate of drug-likeness (QED) is 0.499. The van der Waals surface area contributed by atoms with Gasteiger partial charge in [0.2, 0.25) is 0 Å². The molecular formula is C25H29N5O2S. The van der Waals surface area contributed by atoms with Crippen molar-refractivity contribution in [1.82, 2.24) is 15.2 Å². The van der Waals surface area contributed by atoms with Crippen molar-refractivity contribution in [1.29, 1.82) is 0 Å². The Morgan fingerprint density at radius 2 is 1.82 bits per heavy atom. The molecule has 0 radical (unpaired) electrons. The fraction of sp³-hybridized carbons (Fsp3) is 0.320. The first-order valence-electron chi connectivity index (χ1n) is 11.2. The first-order chi connectivity index (χ1) is 16.1. The number of carbonyl (C=O) groups excluding carboxylic acids is 2. The van der Waals surface area contributed by atoms with Crippen LogP contribution in [0.2, 0.25) is 0 Å².